The average Bonchev–Trinajstić information content (AvgIpc) is 3.05. The lowest BCUT2D eigenvalue weighted by Gasteiger charge is -2.12. The van der Waals surface area contributed by atoms with Crippen LogP contribution in [0, 0.1) is 5.82 Å². The Labute approximate surface area is 166 Å². The van der Waals surface area contributed by atoms with Crippen molar-refractivity contribution in [3.05, 3.63) is 54.3 Å². The summed E-state index contributed by atoms with van der Waals surface area (Å²) in [6, 6.07) is 13.3. The van der Waals surface area contributed by atoms with Gasteiger partial charge in [0.15, 0.2) is 5.82 Å². The molecule has 0 bridgehead atoms. The summed E-state index contributed by atoms with van der Waals surface area (Å²) in [5, 5.41) is 10.5. The largest absolute Gasteiger partial charge is 0.494 e. The highest BCUT2D eigenvalue weighted by atomic mass is 32.2. The van der Waals surface area contributed by atoms with Gasteiger partial charge in [0, 0.05) is 5.56 Å². The molecule has 28 heavy (non-hydrogen) atoms. The number of halogens is 1. The smallest absolute Gasteiger partial charge is 0.237 e. The van der Waals surface area contributed by atoms with Crippen LogP contribution in [0.5, 0.6) is 5.75 Å². The highest BCUT2D eigenvalue weighted by Crippen LogP contribution is 2.26. The first-order valence-electron chi connectivity index (χ1n) is 8.65. The van der Waals surface area contributed by atoms with Gasteiger partial charge in [0.25, 0.3) is 0 Å². The lowest BCUT2D eigenvalue weighted by atomic mass is 10.2. The molecule has 9 heteroatoms. The molecule has 0 aliphatic rings. The van der Waals surface area contributed by atoms with Gasteiger partial charge in [-0.2, -0.15) is 0 Å². The zero-order valence-corrected chi connectivity index (χ0v) is 16.2. The van der Waals surface area contributed by atoms with Crippen molar-refractivity contribution in [2.24, 2.45) is 0 Å². The lowest BCUT2D eigenvalue weighted by Crippen LogP contribution is -2.24. The van der Waals surface area contributed by atoms with E-state index in [0.717, 1.165) is 23.1 Å². The summed E-state index contributed by atoms with van der Waals surface area (Å²) in [6.07, 6.45) is 0. The van der Waals surface area contributed by atoms with Crippen molar-refractivity contribution in [2.45, 2.75) is 24.3 Å². The summed E-state index contributed by atoms with van der Waals surface area (Å²) in [5.41, 5.74) is 0.901. The molecular weight excluding hydrogens is 381 g/mol. The van der Waals surface area contributed by atoms with Crippen molar-refractivity contribution in [1.29, 1.82) is 0 Å². The molecule has 0 aliphatic heterocycles. The third-order valence-corrected chi connectivity index (χ3v) is 4.93. The number of anilines is 1. The molecule has 3 N–H and O–H groups in total. The van der Waals surface area contributed by atoms with Crippen LogP contribution < -0.4 is 15.9 Å². The maximum Gasteiger partial charge on any atom is 0.237 e. The van der Waals surface area contributed by atoms with Crippen LogP contribution in [-0.2, 0) is 4.79 Å². The first-order valence-corrected chi connectivity index (χ1v) is 9.53. The molecule has 3 rings (SSSR count). The van der Waals surface area contributed by atoms with E-state index in [9.17, 15) is 9.18 Å². The third kappa shape index (κ3) is 4.42. The molecule has 0 aliphatic carbocycles. The number of hydrogen-bond donors (Lipinski definition) is 2. The van der Waals surface area contributed by atoms with Gasteiger partial charge in [-0.05, 0) is 50.2 Å². The molecular formula is C19H20FN5O2S. The van der Waals surface area contributed by atoms with Gasteiger partial charge in [-0.15, -0.1) is 10.2 Å². The number of carbonyl (C=O) groups is 1. The van der Waals surface area contributed by atoms with Crippen molar-refractivity contribution in [1.82, 2.24) is 14.9 Å². The first-order chi connectivity index (χ1) is 13.5. The predicted molar refractivity (Wildman–Crippen MR) is 107 cm³/mol. The molecule has 0 saturated carbocycles. The van der Waals surface area contributed by atoms with Crippen molar-refractivity contribution in [3.8, 4) is 17.1 Å². The summed E-state index contributed by atoms with van der Waals surface area (Å²) >= 11 is 1.14. The number of aromatic nitrogens is 3. The van der Waals surface area contributed by atoms with E-state index in [-0.39, 0.29) is 11.6 Å². The maximum atomic E-state index is 13.7. The van der Waals surface area contributed by atoms with E-state index in [1.54, 1.807) is 19.1 Å². The van der Waals surface area contributed by atoms with E-state index < -0.39 is 11.1 Å². The van der Waals surface area contributed by atoms with Crippen molar-refractivity contribution in [3.63, 3.8) is 0 Å². The minimum Gasteiger partial charge on any atom is -0.494 e. The zero-order chi connectivity index (χ0) is 20.1. The van der Waals surface area contributed by atoms with E-state index in [4.69, 9.17) is 10.6 Å². The molecule has 0 unspecified atom stereocenters. The van der Waals surface area contributed by atoms with Crippen LogP contribution >= 0.6 is 11.8 Å². The van der Waals surface area contributed by atoms with Gasteiger partial charge in [-0.3, -0.25) is 4.79 Å². The topological polar surface area (TPSA) is 95.1 Å². The Kier molecular flexibility index (Phi) is 6.15. The van der Waals surface area contributed by atoms with Gasteiger partial charge in [-0.25, -0.2) is 9.07 Å². The van der Waals surface area contributed by atoms with Crippen LogP contribution in [0.15, 0.2) is 53.7 Å². The van der Waals surface area contributed by atoms with Crippen molar-refractivity contribution < 1.29 is 13.9 Å². The highest BCUT2D eigenvalue weighted by Gasteiger charge is 2.20. The molecule has 1 aromatic heterocycles. The van der Waals surface area contributed by atoms with Gasteiger partial charge in [-0.1, -0.05) is 23.9 Å². The second-order valence-electron chi connectivity index (χ2n) is 5.86. The lowest BCUT2D eigenvalue weighted by molar-refractivity contribution is -0.115. The molecule has 2 aromatic carbocycles. The second kappa shape index (κ2) is 8.75. The van der Waals surface area contributed by atoms with Crippen molar-refractivity contribution in [2.75, 3.05) is 17.8 Å². The number of ether oxygens (including phenoxy) is 1. The minimum atomic E-state index is -0.556. The SMILES string of the molecule is CCOc1ccc(-c2nnc(S[C@H](C)C(=O)Nc3ccccc3F)n2N)cc1. The van der Waals surface area contributed by atoms with Crippen LogP contribution in [0.2, 0.25) is 0 Å². The molecule has 1 heterocycles. The quantitative estimate of drug-likeness (QED) is 0.466. The van der Waals surface area contributed by atoms with Gasteiger partial charge in [0.05, 0.1) is 17.5 Å². The van der Waals surface area contributed by atoms with Gasteiger partial charge >= 0.3 is 0 Å². The number of hydrogen-bond acceptors (Lipinski definition) is 6. The molecule has 0 radical (unpaired) electrons. The second-order valence-corrected chi connectivity index (χ2v) is 7.17. The van der Waals surface area contributed by atoms with Crippen LogP contribution in [0.25, 0.3) is 11.4 Å². The number of rotatable bonds is 7. The van der Waals surface area contributed by atoms with E-state index in [0.29, 0.717) is 17.6 Å². The van der Waals surface area contributed by atoms with Gasteiger partial charge in [0.2, 0.25) is 11.1 Å². The van der Waals surface area contributed by atoms with Gasteiger partial charge < -0.3 is 15.9 Å². The molecule has 1 amide bonds. The molecule has 146 valence electrons. The number of benzene rings is 2. The Morgan fingerprint density at radius 3 is 2.64 bits per heavy atom. The number of amides is 1. The number of thioether (sulfide) groups is 1. The molecule has 0 saturated heterocycles. The maximum absolute atomic E-state index is 13.7. The summed E-state index contributed by atoms with van der Waals surface area (Å²) in [6.45, 7) is 4.18. The van der Waals surface area contributed by atoms with Gasteiger partial charge in [0.1, 0.15) is 11.6 Å². The Balaban J connectivity index is 1.69. The molecule has 7 nitrogen and oxygen atoms in total. The number of nitrogens with zero attached hydrogens (tertiary/aromatic N) is 3. The summed E-state index contributed by atoms with van der Waals surface area (Å²) in [4.78, 5) is 12.3. The summed E-state index contributed by atoms with van der Waals surface area (Å²) in [7, 11) is 0. The number of para-hydroxylation sites is 1. The van der Waals surface area contributed by atoms with Crippen LogP contribution in [0.4, 0.5) is 10.1 Å². The fraction of sp³-hybridized carbons (Fsp3) is 0.211. The summed E-state index contributed by atoms with van der Waals surface area (Å²) < 4.78 is 20.4. The molecule has 3 aromatic rings. The Morgan fingerprint density at radius 2 is 1.96 bits per heavy atom. The van der Waals surface area contributed by atoms with Crippen LogP contribution in [0.1, 0.15) is 13.8 Å². The Bertz CT molecular complexity index is 961. The van der Waals surface area contributed by atoms with Crippen molar-refractivity contribution >= 4 is 23.4 Å². The number of nitrogens with one attached hydrogen (secondary N) is 1. The molecule has 1 atom stereocenters. The van der Waals surface area contributed by atoms with Crippen LogP contribution in [0.3, 0.4) is 0 Å². The van der Waals surface area contributed by atoms with Crippen LogP contribution in [-0.4, -0.2) is 32.6 Å². The van der Waals surface area contributed by atoms with E-state index in [2.05, 4.69) is 15.5 Å². The van der Waals surface area contributed by atoms with E-state index >= 15 is 0 Å². The Morgan fingerprint density at radius 1 is 1.25 bits per heavy atom. The monoisotopic (exact) mass is 401 g/mol. The first kappa shape index (κ1) is 19.7. The number of carbonyl (C=O) groups excluding carboxylic acids is 1. The van der Waals surface area contributed by atoms with E-state index in [1.807, 2.05) is 31.2 Å². The number of nitrogen functional groups attached to an aromatic ring is 1. The fourth-order valence-corrected chi connectivity index (χ4v) is 3.20. The average molecular weight is 401 g/mol. The third-order valence-electron chi connectivity index (χ3n) is 3.87. The normalized spacial score (nSPS) is 11.8. The standard InChI is InChI=1S/C19H20FN5O2S/c1-3-27-14-10-8-13(9-11-14)17-23-24-19(25(17)21)28-12(2)18(26)22-16-7-5-4-6-15(16)20/h4-12H,3,21H2,1-2H3,(H,22,26)/t12-/m1/s1. The number of nitrogens with two attached hydrogens (primary N) is 1. The zero-order valence-electron chi connectivity index (χ0n) is 15.4. The fourth-order valence-electron chi connectivity index (χ4n) is 2.43. The highest BCUT2D eigenvalue weighted by molar-refractivity contribution is 8.00. The van der Waals surface area contributed by atoms with E-state index in [1.165, 1.54) is 16.8 Å². The molecule has 0 spiro atoms. The molecule has 0 fully saturated rings. The minimum absolute atomic E-state index is 0.129. The Hall–Kier alpha value is -3.07. The summed E-state index contributed by atoms with van der Waals surface area (Å²) in [5.74, 6) is 6.47. The predicted octanol–water partition coefficient (Wildman–Crippen LogP) is 3.32.